The summed E-state index contributed by atoms with van der Waals surface area (Å²) in [5.74, 6) is 0.168. The predicted molar refractivity (Wildman–Crippen MR) is 87.9 cm³/mol. The van der Waals surface area contributed by atoms with Gasteiger partial charge in [-0.1, -0.05) is 23.2 Å². The Balaban J connectivity index is 1.92. The van der Waals surface area contributed by atoms with E-state index in [4.69, 9.17) is 32.7 Å². The summed E-state index contributed by atoms with van der Waals surface area (Å²) in [5, 5.41) is 0.829. The molecule has 0 spiro atoms. The number of carbonyl (C=O) groups is 2. The van der Waals surface area contributed by atoms with E-state index in [1.165, 1.54) is 4.90 Å². The highest BCUT2D eigenvalue weighted by molar-refractivity contribution is 6.35. The summed E-state index contributed by atoms with van der Waals surface area (Å²) >= 11 is 11.8. The molecule has 1 aliphatic carbocycles. The SMILES string of the molecule is CCOC(=O)CN(CC1CC1)C(=O)COc1ccc(Cl)cc1Cl. The molecular weight excluding hydrogens is 341 g/mol. The Kier molecular flexibility index (Phi) is 6.54. The van der Waals surface area contributed by atoms with Crippen LogP contribution in [0.2, 0.25) is 10.0 Å². The first kappa shape index (κ1) is 17.9. The zero-order valence-corrected chi connectivity index (χ0v) is 14.4. The summed E-state index contributed by atoms with van der Waals surface area (Å²) in [6.45, 7) is 2.33. The van der Waals surface area contributed by atoms with Crippen LogP contribution in [0, 0.1) is 5.92 Å². The van der Waals surface area contributed by atoms with Crippen LogP contribution in [0.1, 0.15) is 19.8 Å². The molecule has 0 bridgehead atoms. The van der Waals surface area contributed by atoms with Gasteiger partial charge in [0.2, 0.25) is 0 Å². The van der Waals surface area contributed by atoms with Crippen LogP contribution in [0.4, 0.5) is 0 Å². The maximum absolute atomic E-state index is 12.3. The van der Waals surface area contributed by atoms with E-state index in [2.05, 4.69) is 0 Å². The van der Waals surface area contributed by atoms with Gasteiger partial charge in [0.1, 0.15) is 12.3 Å². The van der Waals surface area contributed by atoms with Crippen molar-refractivity contribution in [1.82, 2.24) is 4.90 Å². The normalized spacial score (nSPS) is 13.5. The Morgan fingerprint density at radius 1 is 1.30 bits per heavy atom. The lowest BCUT2D eigenvalue weighted by Gasteiger charge is -2.21. The third-order valence-electron chi connectivity index (χ3n) is 3.40. The fourth-order valence-corrected chi connectivity index (χ4v) is 2.52. The fraction of sp³-hybridized carbons (Fsp3) is 0.500. The summed E-state index contributed by atoms with van der Waals surface area (Å²) in [5.41, 5.74) is 0. The molecule has 0 atom stereocenters. The van der Waals surface area contributed by atoms with Gasteiger partial charge in [-0.3, -0.25) is 9.59 Å². The van der Waals surface area contributed by atoms with Gasteiger partial charge in [-0.15, -0.1) is 0 Å². The van der Waals surface area contributed by atoms with Gasteiger partial charge in [-0.2, -0.15) is 0 Å². The molecule has 0 unspecified atom stereocenters. The minimum absolute atomic E-state index is 0.0547. The number of rotatable bonds is 8. The molecule has 1 aromatic rings. The number of amides is 1. The van der Waals surface area contributed by atoms with Crippen molar-refractivity contribution in [3.63, 3.8) is 0 Å². The number of esters is 1. The molecule has 0 aromatic heterocycles. The van der Waals surface area contributed by atoms with Crippen molar-refractivity contribution in [3.8, 4) is 5.75 Å². The maximum Gasteiger partial charge on any atom is 0.325 e. The van der Waals surface area contributed by atoms with E-state index in [0.29, 0.717) is 34.9 Å². The molecule has 126 valence electrons. The summed E-state index contributed by atoms with van der Waals surface area (Å²) in [7, 11) is 0. The monoisotopic (exact) mass is 359 g/mol. The second kappa shape index (κ2) is 8.41. The topological polar surface area (TPSA) is 55.8 Å². The summed E-state index contributed by atoms with van der Waals surface area (Å²) in [6.07, 6.45) is 2.16. The number of benzene rings is 1. The van der Waals surface area contributed by atoms with Crippen molar-refractivity contribution in [1.29, 1.82) is 0 Å². The van der Waals surface area contributed by atoms with Crippen LogP contribution in [0.25, 0.3) is 0 Å². The molecule has 1 amide bonds. The van der Waals surface area contributed by atoms with E-state index < -0.39 is 5.97 Å². The van der Waals surface area contributed by atoms with E-state index in [-0.39, 0.29) is 19.1 Å². The van der Waals surface area contributed by atoms with Crippen molar-refractivity contribution >= 4 is 35.1 Å². The van der Waals surface area contributed by atoms with Gasteiger partial charge in [0.05, 0.1) is 11.6 Å². The quantitative estimate of drug-likeness (QED) is 0.669. The highest BCUT2D eigenvalue weighted by Crippen LogP contribution is 2.30. The molecule has 0 radical (unpaired) electrons. The van der Waals surface area contributed by atoms with Gasteiger partial charge >= 0.3 is 5.97 Å². The van der Waals surface area contributed by atoms with Crippen LogP contribution in [-0.2, 0) is 14.3 Å². The van der Waals surface area contributed by atoms with E-state index in [9.17, 15) is 9.59 Å². The van der Waals surface area contributed by atoms with Crippen molar-refractivity contribution in [2.45, 2.75) is 19.8 Å². The van der Waals surface area contributed by atoms with Crippen LogP contribution in [0.3, 0.4) is 0 Å². The Bertz CT molecular complexity index is 575. The molecular formula is C16H19Cl2NO4. The minimum atomic E-state index is -0.411. The number of hydrogen-bond donors (Lipinski definition) is 0. The number of ether oxygens (including phenoxy) is 2. The van der Waals surface area contributed by atoms with Crippen molar-refractivity contribution < 1.29 is 19.1 Å². The van der Waals surface area contributed by atoms with Crippen molar-refractivity contribution in [3.05, 3.63) is 28.2 Å². The number of hydrogen-bond acceptors (Lipinski definition) is 4. The molecule has 1 aliphatic rings. The first-order valence-electron chi connectivity index (χ1n) is 7.50. The van der Waals surface area contributed by atoms with Crippen LogP contribution in [-0.4, -0.2) is 43.1 Å². The van der Waals surface area contributed by atoms with Gasteiger partial charge in [0, 0.05) is 11.6 Å². The van der Waals surface area contributed by atoms with Crippen molar-refractivity contribution in [2.75, 3.05) is 26.3 Å². The maximum atomic E-state index is 12.3. The van der Waals surface area contributed by atoms with E-state index in [1.807, 2.05) is 0 Å². The Hall–Kier alpha value is -1.46. The first-order valence-corrected chi connectivity index (χ1v) is 8.26. The second-order valence-corrected chi connectivity index (χ2v) is 6.23. The lowest BCUT2D eigenvalue weighted by Crippen LogP contribution is -2.40. The van der Waals surface area contributed by atoms with Crippen LogP contribution in [0.15, 0.2) is 18.2 Å². The molecule has 0 N–H and O–H groups in total. The zero-order chi connectivity index (χ0) is 16.8. The third kappa shape index (κ3) is 5.92. The predicted octanol–water partition coefficient (Wildman–Crippen LogP) is 3.17. The smallest absolute Gasteiger partial charge is 0.325 e. The highest BCUT2D eigenvalue weighted by Gasteiger charge is 2.28. The lowest BCUT2D eigenvalue weighted by molar-refractivity contribution is -0.149. The molecule has 5 nitrogen and oxygen atoms in total. The number of carbonyl (C=O) groups excluding carboxylic acids is 2. The standard InChI is InChI=1S/C16H19Cl2NO4/c1-2-22-16(21)9-19(8-11-3-4-11)15(20)10-23-14-6-5-12(17)7-13(14)18/h5-7,11H,2-4,8-10H2,1H3. The molecule has 1 saturated carbocycles. The van der Waals surface area contributed by atoms with Crippen molar-refractivity contribution in [2.24, 2.45) is 5.92 Å². The largest absolute Gasteiger partial charge is 0.482 e. The third-order valence-corrected chi connectivity index (χ3v) is 3.93. The van der Waals surface area contributed by atoms with Gasteiger partial charge in [0.25, 0.3) is 5.91 Å². The Morgan fingerprint density at radius 2 is 2.04 bits per heavy atom. The minimum Gasteiger partial charge on any atom is -0.482 e. The van der Waals surface area contributed by atoms with E-state index in [1.54, 1.807) is 25.1 Å². The first-order chi connectivity index (χ1) is 11.0. The van der Waals surface area contributed by atoms with Gasteiger partial charge in [-0.25, -0.2) is 0 Å². The van der Waals surface area contributed by atoms with Crippen LogP contribution < -0.4 is 4.74 Å². The van der Waals surface area contributed by atoms with Gasteiger partial charge in [-0.05, 0) is 43.9 Å². The Morgan fingerprint density at radius 3 is 2.65 bits per heavy atom. The average molecular weight is 360 g/mol. The fourth-order valence-electron chi connectivity index (χ4n) is 2.05. The molecule has 0 heterocycles. The average Bonchev–Trinajstić information content (AvgIpc) is 3.29. The Labute approximate surface area is 145 Å². The van der Waals surface area contributed by atoms with Gasteiger partial charge in [0.15, 0.2) is 6.61 Å². The van der Waals surface area contributed by atoms with Crippen LogP contribution in [0.5, 0.6) is 5.75 Å². The highest BCUT2D eigenvalue weighted by atomic mass is 35.5. The van der Waals surface area contributed by atoms with Gasteiger partial charge < -0.3 is 14.4 Å². The molecule has 1 fully saturated rings. The molecule has 0 aliphatic heterocycles. The molecule has 1 aromatic carbocycles. The molecule has 0 saturated heterocycles. The summed E-state index contributed by atoms with van der Waals surface area (Å²) < 4.78 is 10.4. The molecule has 2 rings (SSSR count). The number of halogens is 2. The van der Waals surface area contributed by atoms with E-state index in [0.717, 1.165) is 12.8 Å². The summed E-state index contributed by atoms with van der Waals surface area (Å²) in [6, 6.07) is 4.78. The second-order valence-electron chi connectivity index (χ2n) is 5.39. The van der Waals surface area contributed by atoms with E-state index >= 15 is 0 Å². The molecule has 23 heavy (non-hydrogen) atoms. The lowest BCUT2D eigenvalue weighted by atomic mass is 10.3. The summed E-state index contributed by atoms with van der Waals surface area (Å²) in [4.78, 5) is 25.4. The van der Waals surface area contributed by atoms with Crippen LogP contribution >= 0.6 is 23.2 Å². The zero-order valence-electron chi connectivity index (χ0n) is 12.9. The molecule has 7 heteroatoms. The number of nitrogens with zero attached hydrogens (tertiary/aromatic N) is 1.